The Morgan fingerprint density at radius 1 is 1.33 bits per heavy atom. The van der Waals surface area contributed by atoms with E-state index in [1.165, 1.54) is 25.3 Å². The summed E-state index contributed by atoms with van der Waals surface area (Å²) in [4.78, 5) is 15.1. The number of nitro benzene ring substituents is 1. The summed E-state index contributed by atoms with van der Waals surface area (Å²) in [5.74, 6) is 0.626. The predicted octanol–water partition coefficient (Wildman–Crippen LogP) is 4.15. The lowest BCUT2D eigenvalue weighted by Crippen LogP contribution is -2.27. The highest BCUT2D eigenvalue weighted by atomic mass is 16.6. The van der Waals surface area contributed by atoms with Crippen LogP contribution in [0.4, 0.5) is 11.4 Å². The molecule has 0 saturated heterocycles. The predicted molar refractivity (Wildman–Crippen MR) is 94.3 cm³/mol. The molecule has 0 amide bonds. The van der Waals surface area contributed by atoms with Gasteiger partial charge in [0.25, 0.3) is 5.69 Å². The van der Waals surface area contributed by atoms with E-state index >= 15 is 0 Å². The zero-order chi connectivity index (χ0) is 16.9. The Balaban J connectivity index is 1.63. The molecule has 0 spiro atoms. The van der Waals surface area contributed by atoms with Crippen molar-refractivity contribution in [3.63, 3.8) is 0 Å². The third-order valence-electron chi connectivity index (χ3n) is 4.73. The molecule has 24 heavy (non-hydrogen) atoms. The maximum absolute atomic E-state index is 11.1. The van der Waals surface area contributed by atoms with E-state index < -0.39 is 0 Å². The SMILES string of the molecule is CC1CCCCC1OCCNc1ccc([N+](=O)[O-])c2cccnc12. The van der Waals surface area contributed by atoms with Gasteiger partial charge in [0.05, 0.1) is 28.7 Å². The van der Waals surface area contributed by atoms with Gasteiger partial charge in [-0.1, -0.05) is 19.8 Å². The standard InChI is InChI=1S/C18H23N3O3/c1-13-5-2-3-7-17(13)24-12-11-19-15-8-9-16(21(22)23)14-6-4-10-20-18(14)15/h4,6,8-10,13,17,19H,2-3,5,7,11-12H2,1H3. The number of hydrogen-bond acceptors (Lipinski definition) is 5. The summed E-state index contributed by atoms with van der Waals surface area (Å²) in [6.45, 7) is 3.54. The molecule has 1 fully saturated rings. The maximum Gasteiger partial charge on any atom is 0.278 e. The molecule has 1 N–H and O–H groups in total. The van der Waals surface area contributed by atoms with Crippen molar-refractivity contribution in [3.05, 3.63) is 40.6 Å². The highest BCUT2D eigenvalue weighted by Crippen LogP contribution is 2.30. The van der Waals surface area contributed by atoms with Crippen LogP contribution in [-0.4, -0.2) is 29.2 Å². The van der Waals surface area contributed by atoms with Crippen molar-refractivity contribution in [2.24, 2.45) is 5.92 Å². The Morgan fingerprint density at radius 3 is 2.96 bits per heavy atom. The van der Waals surface area contributed by atoms with Crippen LogP contribution in [0.2, 0.25) is 0 Å². The van der Waals surface area contributed by atoms with Gasteiger partial charge in [-0.15, -0.1) is 0 Å². The van der Waals surface area contributed by atoms with Gasteiger partial charge in [-0.05, 0) is 37.0 Å². The number of rotatable bonds is 6. The van der Waals surface area contributed by atoms with Crippen LogP contribution in [-0.2, 0) is 4.74 Å². The second-order valence-electron chi connectivity index (χ2n) is 6.39. The average Bonchev–Trinajstić information content (AvgIpc) is 2.59. The number of anilines is 1. The average molecular weight is 329 g/mol. The number of benzene rings is 1. The summed E-state index contributed by atoms with van der Waals surface area (Å²) in [6.07, 6.45) is 6.95. The molecule has 0 bridgehead atoms. The van der Waals surface area contributed by atoms with E-state index in [-0.39, 0.29) is 10.6 Å². The first-order chi connectivity index (χ1) is 11.7. The van der Waals surface area contributed by atoms with Crippen LogP contribution in [0.15, 0.2) is 30.5 Å². The van der Waals surface area contributed by atoms with Gasteiger partial charge < -0.3 is 10.1 Å². The monoisotopic (exact) mass is 329 g/mol. The molecule has 128 valence electrons. The van der Waals surface area contributed by atoms with E-state index in [0.29, 0.717) is 36.1 Å². The second kappa shape index (κ2) is 7.57. The Kier molecular flexibility index (Phi) is 5.25. The maximum atomic E-state index is 11.1. The van der Waals surface area contributed by atoms with E-state index in [2.05, 4.69) is 17.2 Å². The topological polar surface area (TPSA) is 77.3 Å². The van der Waals surface area contributed by atoms with Crippen LogP contribution in [0.25, 0.3) is 10.9 Å². The van der Waals surface area contributed by atoms with Crippen molar-refractivity contribution >= 4 is 22.3 Å². The fraction of sp³-hybridized carbons (Fsp3) is 0.500. The zero-order valence-corrected chi connectivity index (χ0v) is 13.9. The molecule has 3 rings (SSSR count). The van der Waals surface area contributed by atoms with Crippen LogP contribution in [0.5, 0.6) is 0 Å². The minimum Gasteiger partial charge on any atom is -0.381 e. The lowest BCUT2D eigenvalue weighted by Gasteiger charge is -2.28. The number of nitrogens with zero attached hydrogens (tertiary/aromatic N) is 2. The number of nitro groups is 1. The van der Waals surface area contributed by atoms with Gasteiger partial charge >= 0.3 is 0 Å². The van der Waals surface area contributed by atoms with Crippen molar-refractivity contribution in [2.75, 3.05) is 18.5 Å². The Morgan fingerprint density at radius 2 is 2.17 bits per heavy atom. The van der Waals surface area contributed by atoms with Gasteiger partial charge in [0.15, 0.2) is 0 Å². The van der Waals surface area contributed by atoms with E-state index in [9.17, 15) is 10.1 Å². The van der Waals surface area contributed by atoms with E-state index in [1.807, 2.05) is 0 Å². The van der Waals surface area contributed by atoms with Crippen molar-refractivity contribution in [3.8, 4) is 0 Å². The minimum atomic E-state index is -0.374. The van der Waals surface area contributed by atoms with Gasteiger partial charge in [-0.25, -0.2) is 0 Å². The van der Waals surface area contributed by atoms with Crippen molar-refractivity contribution in [1.29, 1.82) is 0 Å². The molecule has 1 aliphatic rings. The summed E-state index contributed by atoms with van der Waals surface area (Å²) in [7, 11) is 0. The molecular formula is C18H23N3O3. The molecule has 6 heteroatoms. The molecule has 6 nitrogen and oxygen atoms in total. The number of nitrogens with one attached hydrogen (secondary N) is 1. The Labute approximate surface area is 141 Å². The second-order valence-corrected chi connectivity index (χ2v) is 6.39. The van der Waals surface area contributed by atoms with E-state index in [0.717, 1.165) is 12.1 Å². The molecule has 2 atom stereocenters. The molecule has 0 aliphatic heterocycles. The van der Waals surface area contributed by atoms with Gasteiger partial charge in [0.2, 0.25) is 0 Å². The molecular weight excluding hydrogens is 306 g/mol. The molecule has 2 aromatic rings. The lowest BCUT2D eigenvalue weighted by atomic mass is 9.88. The largest absolute Gasteiger partial charge is 0.381 e. The molecule has 0 radical (unpaired) electrons. The number of pyridine rings is 1. The minimum absolute atomic E-state index is 0.0796. The van der Waals surface area contributed by atoms with E-state index in [1.54, 1.807) is 24.4 Å². The normalized spacial score (nSPS) is 20.9. The fourth-order valence-corrected chi connectivity index (χ4v) is 3.39. The van der Waals surface area contributed by atoms with Gasteiger partial charge in [-0.3, -0.25) is 15.1 Å². The van der Waals surface area contributed by atoms with E-state index in [4.69, 9.17) is 4.74 Å². The zero-order valence-electron chi connectivity index (χ0n) is 13.9. The molecule has 1 aromatic carbocycles. The number of aromatic nitrogens is 1. The molecule has 1 aromatic heterocycles. The van der Waals surface area contributed by atoms with Crippen LogP contribution >= 0.6 is 0 Å². The molecule has 1 saturated carbocycles. The van der Waals surface area contributed by atoms with Crippen molar-refractivity contribution < 1.29 is 9.66 Å². The summed E-state index contributed by atoms with van der Waals surface area (Å²) in [5, 5.41) is 15.0. The summed E-state index contributed by atoms with van der Waals surface area (Å²) >= 11 is 0. The Hall–Kier alpha value is -2.21. The summed E-state index contributed by atoms with van der Waals surface area (Å²) in [5.41, 5.74) is 1.50. The van der Waals surface area contributed by atoms with Crippen molar-refractivity contribution in [1.82, 2.24) is 4.98 Å². The number of ether oxygens (including phenoxy) is 1. The third-order valence-corrected chi connectivity index (χ3v) is 4.73. The van der Waals surface area contributed by atoms with Crippen LogP contribution in [0.1, 0.15) is 32.6 Å². The lowest BCUT2D eigenvalue weighted by molar-refractivity contribution is -0.383. The quantitative estimate of drug-likeness (QED) is 0.489. The first kappa shape index (κ1) is 16.6. The van der Waals surface area contributed by atoms with Gasteiger partial charge in [0, 0.05) is 18.8 Å². The van der Waals surface area contributed by atoms with Crippen LogP contribution in [0.3, 0.4) is 0 Å². The molecule has 1 heterocycles. The number of fused-ring (bicyclic) bond motifs is 1. The fourth-order valence-electron chi connectivity index (χ4n) is 3.39. The first-order valence-corrected chi connectivity index (χ1v) is 8.54. The highest BCUT2D eigenvalue weighted by Gasteiger charge is 2.21. The van der Waals surface area contributed by atoms with Crippen LogP contribution in [0, 0.1) is 16.0 Å². The summed E-state index contributed by atoms with van der Waals surface area (Å²) < 4.78 is 6.00. The highest BCUT2D eigenvalue weighted by molar-refractivity contribution is 5.96. The molecule has 1 aliphatic carbocycles. The molecule has 2 unspecified atom stereocenters. The Bertz CT molecular complexity index is 720. The first-order valence-electron chi connectivity index (χ1n) is 8.54. The van der Waals surface area contributed by atoms with Crippen molar-refractivity contribution in [2.45, 2.75) is 38.7 Å². The van der Waals surface area contributed by atoms with Crippen LogP contribution < -0.4 is 5.32 Å². The van der Waals surface area contributed by atoms with Gasteiger partial charge in [0.1, 0.15) is 5.52 Å². The number of non-ortho nitro benzene ring substituents is 1. The third kappa shape index (κ3) is 3.64. The smallest absolute Gasteiger partial charge is 0.278 e. The van der Waals surface area contributed by atoms with Gasteiger partial charge in [-0.2, -0.15) is 0 Å². The number of hydrogen-bond donors (Lipinski definition) is 1. The summed E-state index contributed by atoms with van der Waals surface area (Å²) in [6, 6.07) is 6.69.